The number of esters is 1. The van der Waals surface area contributed by atoms with Gasteiger partial charge in [-0.2, -0.15) is 0 Å². The normalized spacial score (nSPS) is 10.5. The van der Waals surface area contributed by atoms with Crippen molar-refractivity contribution in [1.29, 1.82) is 0 Å². The molecule has 168 valence electrons. The number of hydrogen-bond donors (Lipinski definition) is 0. The highest BCUT2D eigenvalue weighted by atomic mass is 16.5. The molecule has 0 amide bonds. The van der Waals surface area contributed by atoms with E-state index in [9.17, 15) is 4.79 Å². The molecule has 2 rings (SSSR count). The summed E-state index contributed by atoms with van der Waals surface area (Å²) >= 11 is 0. The van der Waals surface area contributed by atoms with Crippen LogP contribution < -0.4 is 9.47 Å². The Bertz CT molecular complexity index is 767. The zero-order valence-corrected chi connectivity index (χ0v) is 18.8. The van der Waals surface area contributed by atoms with Crippen molar-refractivity contribution in [3.05, 3.63) is 61.2 Å². The highest BCUT2D eigenvalue weighted by Crippen LogP contribution is 2.31. The molecule has 0 aliphatic carbocycles. The molecule has 0 N–H and O–H groups in total. The lowest BCUT2D eigenvalue weighted by Crippen LogP contribution is -2.04. The minimum absolute atomic E-state index is 0.384. The van der Waals surface area contributed by atoms with Crippen LogP contribution in [0.25, 0.3) is 11.1 Å². The minimum Gasteiger partial charge on any atom is -0.494 e. The van der Waals surface area contributed by atoms with Crippen LogP contribution in [-0.2, 0) is 9.53 Å². The second-order valence-corrected chi connectivity index (χ2v) is 7.56. The Morgan fingerprint density at radius 2 is 1.45 bits per heavy atom. The lowest BCUT2D eigenvalue weighted by atomic mass is 10.0. The highest BCUT2D eigenvalue weighted by Gasteiger charge is 2.06. The van der Waals surface area contributed by atoms with Crippen molar-refractivity contribution in [2.75, 3.05) is 19.8 Å². The molecule has 0 radical (unpaired) electrons. The molecule has 0 heterocycles. The number of carbonyl (C=O) groups is 1. The molecule has 31 heavy (non-hydrogen) atoms. The van der Waals surface area contributed by atoms with Gasteiger partial charge in [-0.3, -0.25) is 0 Å². The van der Waals surface area contributed by atoms with E-state index in [2.05, 4.69) is 31.7 Å². The Morgan fingerprint density at radius 1 is 0.806 bits per heavy atom. The van der Waals surface area contributed by atoms with Crippen LogP contribution >= 0.6 is 0 Å². The van der Waals surface area contributed by atoms with E-state index in [0.29, 0.717) is 13.2 Å². The first kappa shape index (κ1) is 24.5. The largest absolute Gasteiger partial charge is 0.494 e. The van der Waals surface area contributed by atoms with Crippen LogP contribution in [0.4, 0.5) is 0 Å². The van der Waals surface area contributed by atoms with Gasteiger partial charge >= 0.3 is 5.97 Å². The number of rotatable bonds is 16. The molecule has 0 aliphatic rings. The van der Waals surface area contributed by atoms with E-state index in [-0.39, 0.29) is 5.97 Å². The molecule has 0 unspecified atom stereocenters. The Kier molecular flexibility index (Phi) is 12.0. The number of ether oxygens (including phenoxy) is 3. The minimum atomic E-state index is -0.384. The van der Waals surface area contributed by atoms with E-state index in [0.717, 1.165) is 48.5 Å². The van der Waals surface area contributed by atoms with Gasteiger partial charge in [0.15, 0.2) is 0 Å². The SMILES string of the molecule is C=CC(=O)OCCCCOc1ccccc1-c1ccc(OCCCCCCCC)cc1. The highest BCUT2D eigenvalue weighted by molar-refractivity contribution is 5.81. The molecule has 4 nitrogen and oxygen atoms in total. The summed E-state index contributed by atoms with van der Waals surface area (Å²) in [4.78, 5) is 11.0. The van der Waals surface area contributed by atoms with Crippen LogP contribution in [0.15, 0.2) is 61.2 Å². The van der Waals surface area contributed by atoms with E-state index in [1.165, 1.54) is 38.2 Å². The quantitative estimate of drug-likeness (QED) is 0.166. The van der Waals surface area contributed by atoms with Crippen LogP contribution in [0.3, 0.4) is 0 Å². The van der Waals surface area contributed by atoms with Crippen molar-refractivity contribution >= 4 is 5.97 Å². The first-order valence-electron chi connectivity index (χ1n) is 11.5. The van der Waals surface area contributed by atoms with Gasteiger partial charge in [0.1, 0.15) is 11.5 Å². The van der Waals surface area contributed by atoms with Crippen LogP contribution in [0.1, 0.15) is 58.3 Å². The number of unbranched alkanes of at least 4 members (excludes halogenated alkanes) is 6. The van der Waals surface area contributed by atoms with E-state index < -0.39 is 0 Å². The average molecular weight is 425 g/mol. The van der Waals surface area contributed by atoms with E-state index in [1.54, 1.807) is 0 Å². The Hall–Kier alpha value is -2.75. The van der Waals surface area contributed by atoms with Gasteiger partial charge in [-0.15, -0.1) is 0 Å². The molecule has 0 spiro atoms. The predicted molar refractivity (Wildman–Crippen MR) is 127 cm³/mol. The van der Waals surface area contributed by atoms with Gasteiger partial charge in [0.05, 0.1) is 19.8 Å². The summed E-state index contributed by atoms with van der Waals surface area (Å²) in [5, 5.41) is 0. The number of hydrogen-bond acceptors (Lipinski definition) is 4. The smallest absolute Gasteiger partial charge is 0.330 e. The fourth-order valence-corrected chi connectivity index (χ4v) is 3.25. The molecule has 0 saturated carbocycles. The van der Waals surface area contributed by atoms with Crippen molar-refractivity contribution in [1.82, 2.24) is 0 Å². The van der Waals surface area contributed by atoms with Crippen molar-refractivity contribution in [2.24, 2.45) is 0 Å². The van der Waals surface area contributed by atoms with Crippen LogP contribution in [0.5, 0.6) is 11.5 Å². The topological polar surface area (TPSA) is 44.8 Å². The number of carbonyl (C=O) groups excluding carboxylic acids is 1. The molecule has 0 saturated heterocycles. The van der Waals surface area contributed by atoms with Crippen LogP contribution in [0.2, 0.25) is 0 Å². The second kappa shape index (κ2) is 15.1. The van der Waals surface area contributed by atoms with Crippen molar-refractivity contribution < 1.29 is 19.0 Å². The second-order valence-electron chi connectivity index (χ2n) is 7.56. The molecule has 0 fully saturated rings. The third-order valence-corrected chi connectivity index (χ3v) is 5.03. The molecular weight excluding hydrogens is 388 g/mol. The molecular formula is C27H36O4. The van der Waals surface area contributed by atoms with Crippen LogP contribution in [-0.4, -0.2) is 25.8 Å². The Balaban J connectivity index is 1.77. The Morgan fingerprint density at radius 3 is 2.23 bits per heavy atom. The fourth-order valence-electron chi connectivity index (χ4n) is 3.25. The first-order chi connectivity index (χ1) is 15.2. The van der Waals surface area contributed by atoms with E-state index in [4.69, 9.17) is 14.2 Å². The summed E-state index contributed by atoms with van der Waals surface area (Å²) in [5.41, 5.74) is 2.16. The molecule has 0 bridgehead atoms. The molecule has 4 heteroatoms. The number of para-hydroxylation sites is 1. The predicted octanol–water partition coefficient (Wildman–Crippen LogP) is 6.98. The third kappa shape index (κ3) is 9.73. The average Bonchev–Trinajstić information content (AvgIpc) is 2.81. The summed E-state index contributed by atoms with van der Waals surface area (Å²) in [7, 11) is 0. The molecule has 2 aromatic rings. The van der Waals surface area contributed by atoms with Crippen LogP contribution in [0, 0.1) is 0 Å². The monoisotopic (exact) mass is 424 g/mol. The van der Waals surface area contributed by atoms with Gasteiger partial charge in [0.2, 0.25) is 0 Å². The van der Waals surface area contributed by atoms with Crippen molar-refractivity contribution in [3.63, 3.8) is 0 Å². The maximum atomic E-state index is 11.0. The summed E-state index contributed by atoms with van der Waals surface area (Å²) in [6.45, 7) is 7.35. The summed E-state index contributed by atoms with van der Waals surface area (Å²) in [5.74, 6) is 1.38. The maximum absolute atomic E-state index is 11.0. The standard InChI is InChI=1S/C27H36O4/c1-3-5-6-7-8-11-20-29-24-18-16-23(17-19-24)25-14-9-10-15-26(25)30-21-12-13-22-31-27(28)4-2/h4,9-10,14-19H,2-3,5-8,11-13,20-22H2,1H3. The van der Waals surface area contributed by atoms with Gasteiger partial charge in [-0.05, 0) is 43.0 Å². The zero-order chi connectivity index (χ0) is 22.2. The van der Waals surface area contributed by atoms with Crippen molar-refractivity contribution in [3.8, 4) is 22.6 Å². The third-order valence-electron chi connectivity index (χ3n) is 5.03. The molecule has 0 atom stereocenters. The van der Waals surface area contributed by atoms with E-state index >= 15 is 0 Å². The summed E-state index contributed by atoms with van der Waals surface area (Å²) in [6.07, 6.45) is 10.3. The van der Waals surface area contributed by atoms with Gasteiger partial charge in [0.25, 0.3) is 0 Å². The van der Waals surface area contributed by atoms with Gasteiger partial charge in [0, 0.05) is 11.6 Å². The Labute approximate surface area is 187 Å². The van der Waals surface area contributed by atoms with E-state index in [1.807, 2.05) is 30.3 Å². The van der Waals surface area contributed by atoms with Gasteiger partial charge in [-0.1, -0.05) is 75.9 Å². The fraction of sp³-hybridized carbons (Fsp3) is 0.444. The molecule has 0 aromatic heterocycles. The molecule has 2 aromatic carbocycles. The first-order valence-corrected chi connectivity index (χ1v) is 11.5. The zero-order valence-electron chi connectivity index (χ0n) is 18.8. The van der Waals surface area contributed by atoms with Crippen molar-refractivity contribution in [2.45, 2.75) is 58.3 Å². The lowest BCUT2D eigenvalue weighted by molar-refractivity contribution is -0.137. The summed E-state index contributed by atoms with van der Waals surface area (Å²) < 4.78 is 16.9. The van der Waals surface area contributed by atoms with Gasteiger partial charge < -0.3 is 14.2 Å². The maximum Gasteiger partial charge on any atom is 0.330 e. The summed E-state index contributed by atoms with van der Waals surface area (Å²) in [6, 6.07) is 16.2. The lowest BCUT2D eigenvalue weighted by Gasteiger charge is -2.12. The van der Waals surface area contributed by atoms with Gasteiger partial charge in [-0.25, -0.2) is 4.79 Å². The molecule has 0 aliphatic heterocycles. The number of benzene rings is 2.